The van der Waals surface area contributed by atoms with E-state index in [1.807, 2.05) is 6.07 Å². The lowest BCUT2D eigenvalue weighted by molar-refractivity contribution is 0.468. The molecule has 1 aliphatic rings. The smallest absolute Gasteiger partial charge is 0.127 e. The first-order valence-electron chi connectivity index (χ1n) is 17.9. The first kappa shape index (κ1) is 30.4. The molecule has 1 aliphatic carbocycles. The SMILES string of the molecule is NC(NC(N=Cc1c2ccccc2cc2c1ccc1ccccc12)c1ccc2c(c1)-c1cccc3cccc-2c13)c1ccccc1-c1ccccc1. The van der Waals surface area contributed by atoms with Crippen LogP contribution >= 0.6 is 0 Å². The largest absolute Gasteiger partial charge is 0.312 e. The van der Waals surface area contributed by atoms with E-state index < -0.39 is 12.3 Å². The summed E-state index contributed by atoms with van der Waals surface area (Å²) in [6.07, 6.45) is 1.15. The lowest BCUT2D eigenvalue weighted by Crippen LogP contribution is -2.32. The van der Waals surface area contributed by atoms with Crippen molar-refractivity contribution in [3.8, 4) is 33.4 Å². The molecule has 0 aliphatic heterocycles. The molecule has 3 nitrogen and oxygen atoms in total. The maximum atomic E-state index is 7.14. The fourth-order valence-electron chi connectivity index (χ4n) is 8.26. The number of nitrogens with zero attached hydrogens (tertiary/aromatic N) is 1. The van der Waals surface area contributed by atoms with Crippen LogP contribution in [0.25, 0.3) is 76.5 Å². The van der Waals surface area contributed by atoms with Gasteiger partial charge in [-0.15, -0.1) is 0 Å². The van der Waals surface area contributed by atoms with Crippen molar-refractivity contribution in [1.82, 2.24) is 5.32 Å². The van der Waals surface area contributed by atoms with Gasteiger partial charge in [-0.3, -0.25) is 10.3 Å². The Balaban J connectivity index is 1.13. The Hall–Kier alpha value is -6.39. The molecule has 0 aromatic heterocycles. The monoisotopic (exact) mass is 665 g/mol. The summed E-state index contributed by atoms with van der Waals surface area (Å²) >= 11 is 0. The molecule has 3 N–H and O–H groups in total. The van der Waals surface area contributed by atoms with Crippen LogP contribution < -0.4 is 11.1 Å². The molecule has 52 heavy (non-hydrogen) atoms. The second-order valence-corrected chi connectivity index (χ2v) is 13.7. The first-order chi connectivity index (χ1) is 25.7. The van der Waals surface area contributed by atoms with Gasteiger partial charge in [-0.2, -0.15) is 0 Å². The minimum Gasteiger partial charge on any atom is -0.312 e. The molecular formula is C49H35N3. The third-order valence-corrected chi connectivity index (χ3v) is 10.7. The van der Waals surface area contributed by atoms with Crippen LogP contribution in [0.4, 0.5) is 0 Å². The van der Waals surface area contributed by atoms with Crippen LogP contribution in [0, 0.1) is 0 Å². The normalized spacial score (nSPS) is 13.3. The van der Waals surface area contributed by atoms with Crippen molar-refractivity contribution in [1.29, 1.82) is 0 Å². The van der Waals surface area contributed by atoms with Crippen LogP contribution in [0.5, 0.6) is 0 Å². The molecule has 2 unspecified atom stereocenters. The summed E-state index contributed by atoms with van der Waals surface area (Å²) in [7, 11) is 0. The standard InChI is InChI=1S/C49H35N3/c50-48(43-21-9-8-18-36(43)31-12-2-1-3-13-31)52-49(35-25-27-39-41-22-10-16-33-17-11-23-42(47(33)41)45(39)29-35)51-30-46-38-20-7-5-15-34(38)28-44-37-19-6-4-14-32(37)24-26-40(44)46/h1-30,48-49,52H,50H2. The van der Waals surface area contributed by atoms with Gasteiger partial charge in [0.2, 0.25) is 0 Å². The van der Waals surface area contributed by atoms with Gasteiger partial charge in [0.1, 0.15) is 6.17 Å². The maximum absolute atomic E-state index is 7.14. The Labute approximate surface area is 302 Å². The number of hydrogen-bond donors (Lipinski definition) is 2. The van der Waals surface area contributed by atoms with Crippen molar-refractivity contribution in [3.63, 3.8) is 0 Å². The highest BCUT2D eigenvalue weighted by Gasteiger charge is 2.24. The Bertz CT molecular complexity index is 2850. The average molecular weight is 666 g/mol. The van der Waals surface area contributed by atoms with E-state index in [0.29, 0.717) is 0 Å². The second-order valence-electron chi connectivity index (χ2n) is 13.7. The number of fused-ring (bicyclic) bond motifs is 7. The van der Waals surface area contributed by atoms with Crippen molar-refractivity contribution >= 4 is 49.3 Å². The minimum absolute atomic E-state index is 0.429. The molecular weight excluding hydrogens is 631 g/mol. The highest BCUT2D eigenvalue weighted by Crippen LogP contribution is 2.48. The second kappa shape index (κ2) is 12.4. The molecule has 2 atom stereocenters. The molecule has 0 spiro atoms. The van der Waals surface area contributed by atoms with Gasteiger partial charge >= 0.3 is 0 Å². The molecule has 0 bridgehead atoms. The van der Waals surface area contributed by atoms with Gasteiger partial charge in [0.25, 0.3) is 0 Å². The molecule has 0 fully saturated rings. The van der Waals surface area contributed by atoms with Gasteiger partial charge in [-0.25, -0.2) is 0 Å². The summed E-state index contributed by atoms with van der Waals surface area (Å²) in [5.41, 5.74) is 17.6. The topological polar surface area (TPSA) is 50.4 Å². The third-order valence-electron chi connectivity index (χ3n) is 10.7. The third kappa shape index (κ3) is 5.02. The summed E-state index contributed by atoms with van der Waals surface area (Å²) in [5, 5.41) is 13.6. The highest BCUT2D eigenvalue weighted by molar-refractivity contribution is 6.20. The predicted molar refractivity (Wildman–Crippen MR) is 220 cm³/mol. The van der Waals surface area contributed by atoms with E-state index in [9.17, 15) is 0 Å². The molecule has 9 aromatic carbocycles. The van der Waals surface area contributed by atoms with Gasteiger partial charge in [0.15, 0.2) is 0 Å². The van der Waals surface area contributed by atoms with E-state index >= 15 is 0 Å². The quantitative estimate of drug-likeness (QED) is 0.0770. The van der Waals surface area contributed by atoms with Gasteiger partial charge in [-0.1, -0.05) is 164 Å². The van der Waals surface area contributed by atoms with Crippen LogP contribution in [0.2, 0.25) is 0 Å². The van der Waals surface area contributed by atoms with Crippen LogP contribution in [0.15, 0.2) is 181 Å². The molecule has 3 heteroatoms. The highest BCUT2D eigenvalue weighted by atomic mass is 15.1. The first-order valence-corrected chi connectivity index (χ1v) is 17.9. The Morgan fingerprint density at radius 3 is 1.98 bits per heavy atom. The predicted octanol–water partition coefficient (Wildman–Crippen LogP) is 12.0. The van der Waals surface area contributed by atoms with Crippen LogP contribution in [0.3, 0.4) is 0 Å². The Morgan fingerprint density at radius 1 is 0.462 bits per heavy atom. The van der Waals surface area contributed by atoms with Crippen molar-refractivity contribution in [2.45, 2.75) is 12.3 Å². The molecule has 10 rings (SSSR count). The van der Waals surface area contributed by atoms with Crippen LogP contribution in [-0.2, 0) is 0 Å². The summed E-state index contributed by atoms with van der Waals surface area (Å²) < 4.78 is 0. The molecule has 0 radical (unpaired) electrons. The van der Waals surface area contributed by atoms with Gasteiger partial charge in [-0.05, 0) is 99.7 Å². The number of nitrogens with one attached hydrogen (secondary N) is 1. The zero-order valence-electron chi connectivity index (χ0n) is 28.5. The van der Waals surface area contributed by atoms with E-state index in [1.165, 1.54) is 65.3 Å². The summed E-state index contributed by atoms with van der Waals surface area (Å²) in [5.74, 6) is 0. The van der Waals surface area contributed by atoms with E-state index in [0.717, 1.165) is 27.8 Å². The average Bonchev–Trinajstić information content (AvgIpc) is 3.53. The maximum Gasteiger partial charge on any atom is 0.127 e. The van der Waals surface area contributed by atoms with Crippen molar-refractivity contribution in [2.75, 3.05) is 0 Å². The number of benzene rings is 9. The summed E-state index contributed by atoms with van der Waals surface area (Å²) in [6.45, 7) is 0. The minimum atomic E-state index is -0.486. The van der Waals surface area contributed by atoms with Gasteiger partial charge in [0, 0.05) is 11.8 Å². The van der Waals surface area contributed by atoms with Gasteiger partial charge in [0.05, 0.1) is 6.17 Å². The molecule has 0 amide bonds. The van der Waals surface area contributed by atoms with E-state index in [4.69, 9.17) is 10.7 Å². The molecule has 0 heterocycles. The number of aliphatic imine (C=N–C) groups is 1. The number of rotatable bonds is 7. The Morgan fingerprint density at radius 2 is 1.13 bits per heavy atom. The Kier molecular flexibility index (Phi) is 7.28. The van der Waals surface area contributed by atoms with E-state index in [1.54, 1.807) is 0 Å². The van der Waals surface area contributed by atoms with E-state index in [2.05, 4.69) is 181 Å². The molecule has 246 valence electrons. The number of nitrogens with two attached hydrogens (primary N) is 1. The lowest BCUT2D eigenvalue weighted by Gasteiger charge is -2.24. The summed E-state index contributed by atoms with van der Waals surface area (Å²) in [4.78, 5) is 5.42. The van der Waals surface area contributed by atoms with Crippen molar-refractivity contribution in [3.05, 3.63) is 193 Å². The van der Waals surface area contributed by atoms with E-state index in [-0.39, 0.29) is 0 Å². The van der Waals surface area contributed by atoms with Crippen molar-refractivity contribution < 1.29 is 0 Å². The zero-order chi connectivity index (χ0) is 34.6. The van der Waals surface area contributed by atoms with Crippen LogP contribution in [-0.4, -0.2) is 6.21 Å². The van der Waals surface area contributed by atoms with Crippen LogP contribution in [0.1, 0.15) is 29.0 Å². The molecule has 0 saturated carbocycles. The van der Waals surface area contributed by atoms with Crippen molar-refractivity contribution in [2.24, 2.45) is 10.7 Å². The lowest BCUT2D eigenvalue weighted by atomic mass is 9.94. The molecule has 0 saturated heterocycles. The molecule has 9 aromatic rings. The summed E-state index contributed by atoms with van der Waals surface area (Å²) in [6, 6.07) is 62.8. The fourth-order valence-corrected chi connectivity index (χ4v) is 8.26. The fraction of sp³-hybridized carbons (Fsp3) is 0.0408. The number of hydrogen-bond acceptors (Lipinski definition) is 3. The zero-order valence-corrected chi connectivity index (χ0v) is 28.5. The van der Waals surface area contributed by atoms with Gasteiger partial charge < -0.3 is 5.73 Å².